The standard InChI is InChI=1S/C12H38O5Si6/c1-10-11-12-22(8,9)17-23(15-20(4)5,16-21(6)7)14-18-13-19(2)3/h19-21H,10-12,18H2,1-9H3. The highest BCUT2D eigenvalue weighted by Crippen LogP contribution is 2.24. The highest BCUT2D eigenvalue weighted by molar-refractivity contribution is 6.84. The molecule has 0 saturated carbocycles. The largest absolute Gasteiger partial charge is 0.637 e. The molecular weight excluding hydrogens is 393 g/mol. The van der Waals surface area contributed by atoms with Crippen molar-refractivity contribution in [3.63, 3.8) is 0 Å². The summed E-state index contributed by atoms with van der Waals surface area (Å²) in [6.07, 6.45) is 2.38. The van der Waals surface area contributed by atoms with Gasteiger partial charge in [0.25, 0.3) is 10.0 Å². The summed E-state index contributed by atoms with van der Waals surface area (Å²) >= 11 is 0. The summed E-state index contributed by atoms with van der Waals surface area (Å²) in [5, 5.41) is 0. The Hall–Kier alpha value is 1.10. The van der Waals surface area contributed by atoms with Crippen LogP contribution in [-0.4, -0.2) is 54.5 Å². The topological polar surface area (TPSA) is 46.2 Å². The van der Waals surface area contributed by atoms with Crippen LogP contribution in [0.25, 0.3) is 0 Å². The molecule has 0 aromatic heterocycles. The van der Waals surface area contributed by atoms with Crippen molar-refractivity contribution in [3.8, 4) is 0 Å². The van der Waals surface area contributed by atoms with Crippen LogP contribution in [0.2, 0.25) is 58.4 Å². The van der Waals surface area contributed by atoms with Gasteiger partial charge in [-0.25, -0.2) is 0 Å². The van der Waals surface area contributed by atoms with Crippen molar-refractivity contribution in [1.82, 2.24) is 0 Å². The van der Waals surface area contributed by atoms with Gasteiger partial charge in [-0.3, -0.25) is 0 Å². The molecule has 0 aromatic carbocycles. The van der Waals surface area contributed by atoms with Gasteiger partial charge in [-0.2, -0.15) is 0 Å². The quantitative estimate of drug-likeness (QED) is 0.420. The lowest BCUT2D eigenvalue weighted by Gasteiger charge is -2.38. The van der Waals surface area contributed by atoms with Crippen LogP contribution in [0, 0.1) is 0 Å². The molecule has 0 fully saturated rings. The third-order valence-electron chi connectivity index (χ3n) is 2.93. The van der Waals surface area contributed by atoms with Gasteiger partial charge in [-0.15, -0.1) is 0 Å². The second-order valence-electron chi connectivity index (χ2n) is 7.28. The van der Waals surface area contributed by atoms with Gasteiger partial charge in [-0.1, -0.05) is 19.8 Å². The van der Waals surface area contributed by atoms with E-state index in [1.807, 2.05) is 0 Å². The normalized spacial score (nSPS) is 14.1. The summed E-state index contributed by atoms with van der Waals surface area (Å²) in [4.78, 5) is 0. The molecule has 0 aliphatic rings. The van der Waals surface area contributed by atoms with E-state index in [9.17, 15) is 0 Å². The average Bonchev–Trinajstić information content (AvgIpc) is 2.33. The van der Waals surface area contributed by atoms with Crippen LogP contribution in [0.4, 0.5) is 0 Å². The van der Waals surface area contributed by atoms with E-state index in [-0.39, 0.29) is 0 Å². The lowest BCUT2D eigenvalue weighted by Crippen LogP contribution is -2.59. The second kappa shape index (κ2) is 11.7. The zero-order valence-electron chi connectivity index (χ0n) is 16.6. The molecule has 0 aromatic rings. The molecular formula is C12H38O5Si6. The van der Waals surface area contributed by atoms with Crippen LogP contribution in [0.3, 0.4) is 0 Å². The van der Waals surface area contributed by atoms with Gasteiger partial charge in [-0.05, 0) is 58.4 Å². The molecule has 0 radical (unpaired) electrons. The minimum absolute atomic E-state index is 1.08. The first-order chi connectivity index (χ1) is 10.5. The van der Waals surface area contributed by atoms with Gasteiger partial charge in [0.15, 0.2) is 35.4 Å². The molecule has 0 bridgehead atoms. The van der Waals surface area contributed by atoms with E-state index in [2.05, 4.69) is 59.3 Å². The summed E-state index contributed by atoms with van der Waals surface area (Å²) < 4.78 is 31.2. The summed E-state index contributed by atoms with van der Waals surface area (Å²) in [7, 11) is -9.73. The molecule has 0 saturated heterocycles. The zero-order chi connectivity index (χ0) is 18.1. The molecule has 0 aliphatic carbocycles. The Morgan fingerprint density at radius 2 is 1.39 bits per heavy atom. The smallest absolute Gasteiger partial charge is 0.444 e. The minimum Gasteiger partial charge on any atom is -0.444 e. The van der Waals surface area contributed by atoms with Crippen molar-refractivity contribution >= 4 is 54.5 Å². The third kappa shape index (κ3) is 12.1. The van der Waals surface area contributed by atoms with Gasteiger partial charge in [0, 0.05) is 0 Å². The summed E-state index contributed by atoms with van der Waals surface area (Å²) in [5.41, 5.74) is 0. The molecule has 140 valence electrons. The number of rotatable bonds is 13. The fraction of sp³-hybridized carbons (Fsp3) is 1.00. The van der Waals surface area contributed by atoms with Gasteiger partial charge in [0.1, 0.15) is 0 Å². The van der Waals surface area contributed by atoms with Crippen molar-refractivity contribution in [2.45, 2.75) is 78.2 Å². The van der Waals surface area contributed by atoms with Crippen molar-refractivity contribution in [2.24, 2.45) is 0 Å². The Morgan fingerprint density at radius 3 is 1.78 bits per heavy atom. The average molecular weight is 431 g/mol. The first-order valence-corrected chi connectivity index (χ1v) is 23.1. The predicted octanol–water partition coefficient (Wildman–Crippen LogP) is 2.46. The number of hydrogen-bond acceptors (Lipinski definition) is 5. The van der Waals surface area contributed by atoms with E-state index in [0.29, 0.717) is 0 Å². The molecule has 0 unspecified atom stereocenters. The van der Waals surface area contributed by atoms with Crippen LogP contribution >= 0.6 is 0 Å². The first kappa shape index (κ1) is 24.1. The molecule has 11 heteroatoms. The van der Waals surface area contributed by atoms with E-state index in [4.69, 9.17) is 20.6 Å². The van der Waals surface area contributed by atoms with Crippen LogP contribution in [0.5, 0.6) is 0 Å². The summed E-state index contributed by atoms with van der Waals surface area (Å²) in [6, 6.07) is 1.12. The van der Waals surface area contributed by atoms with Crippen LogP contribution in [0.15, 0.2) is 0 Å². The lowest BCUT2D eigenvalue weighted by atomic mass is 10.4. The Bertz CT molecular complexity index is 306. The van der Waals surface area contributed by atoms with Crippen molar-refractivity contribution in [3.05, 3.63) is 0 Å². The molecule has 0 spiro atoms. The molecule has 0 aliphatic heterocycles. The highest BCUT2D eigenvalue weighted by atomic mass is 28.5. The van der Waals surface area contributed by atoms with E-state index >= 15 is 0 Å². The second-order valence-corrected chi connectivity index (χ2v) is 24.0. The van der Waals surface area contributed by atoms with Crippen LogP contribution < -0.4 is 0 Å². The van der Waals surface area contributed by atoms with Crippen molar-refractivity contribution in [1.29, 1.82) is 0 Å². The Kier molecular flexibility index (Phi) is 12.2. The fourth-order valence-corrected chi connectivity index (χ4v) is 18.0. The van der Waals surface area contributed by atoms with Gasteiger partial charge in [0.05, 0.1) is 0 Å². The van der Waals surface area contributed by atoms with E-state index in [1.54, 1.807) is 0 Å². The molecule has 0 heterocycles. The van der Waals surface area contributed by atoms with Crippen LogP contribution in [-0.2, 0) is 20.6 Å². The van der Waals surface area contributed by atoms with Crippen molar-refractivity contribution in [2.75, 3.05) is 0 Å². The van der Waals surface area contributed by atoms with E-state index in [1.165, 1.54) is 12.8 Å². The molecule has 0 N–H and O–H groups in total. The minimum atomic E-state index is -3.03. The van der Waals surface area contributed by atoms with Gasteiger partial charge < -0.3 is 20.6 Å². The summed E-state index contributed by atoms with van der Waals surface area (Å²) in [6.45, 7) is 19.7. The SMILES string of the molecule is CCCC[Si](C)(C)O[Si](O[SiH2]O[SiH](C)C)(O[SiH](C)C)O[SiH](C)C. The predicted molar refractivity (Wildman–Crippen MR) is 114 cm³/mol. The van der Waals surface area contributed by atoms with Gasteiger partial charge in [0.2, 0.25) is 0 Å². The molecule has 23 heavy (non-hydrogen) atoms. The molecule has 5 nitrogen and oxygen atoms in total. The summed E-state index contributed by atoms with van der Waals surface area (Å²) in [5.74, 6) is 0. The van der Waals surface area contributed by atoms with Crippen LogP contribution in [0.1, 0.15) is 19.8 Å². The van der Waals surface area contributed by atoms with E-state index < -0.39 is 54.5 Å². The maximum atomic E-state index is 6.58. The molecule has 0 rings (SSSR count). The number of hydrogen-bond donors (Lipinski definition) is 0. The fourth-order valence-electron chi connectivity index (χ4n) is 1.98. The third-order valence-corrected chi connectivity index (χ3v) is 18.9. The number of unbranched alkanes of at least 4 members (excludes halogenated alkanes) is 1. The monoisotopic (exact) mass is 430 g/mol. The highest BCUT2D eigenvalue weighted by Gasteiger charge is 2.50. The Balaban J connectivity index is 5.16. The molecule has 0 atom stereocenters. The maximum absolute atomic E-state index is 6.58. The molecule has 0 amide bonds. The first-order valence-electron chi connectivity index (χ1n) is 8.83. The Morgan fingerprint density at radius 1 is 0.870 bits per heavy atom. The maximum Gasteiger partial charge on any atom is 0.637 e. The zero-order valence-corrected chi connectivity index (χ0v) is 23.5. The lowest BCUT2D eigenvalue weighted by molar-refractivity contribution is 0.153. The van der Waals surface area contributed by atoms with E-state index in [0.717, 1.165) is 6.04 Å². The van der Waals surface area contributed by atoms with Crippen molar-refractivity contribution < 1.29 is 20.6 Å². The van der Waals surface area contributed by atoms with Gasteiger partial charge >= 0.3 is 9.05 Å². The Labute approximate surface area is 153 Å².